The lowest BCUT2D eigenvalue weighted by Gasteiger charge is -2.34. The van der Waals surface area contributed by atoms with Gasteiger partial charge < -0.3 is 14.7 Å². The van der Waals surface area contributed by atoms with Crippen LogP contribution in [0.5, 0.6) is 0 Å². The molecule has 1 N–H and O–H groups in total. The molecule has 136 valence electrons. The first-order valence-corrected chi connectivity index (χ1v) is 8.91. The van der Waals surface area contributed by atoms with Crippen LogP contribution >= 0.6 is 0 Å². The second kappa shape index (κ2) is 8.30. The topological polar surface area (TPSA) is 49.8 Å². The van der Waals surface area contributed by atoms with E-state index in [1.807, 2.05) is 72.5 Å². The van der Waals surface area contributed by atoms with E-state index in [2.05, 4.69) is 0 Å². The Morgan fingerprint density at radius 3 is 2.27 bits per heavy atom. The molecular weight excluding hydrogens is 326 g/mol. The minimum atomic E-state index is -0.190. The Bertz CT molecular complexity index is 770. The zero-order chi connectivity index (χ0) is 18.5. The molecule has 2 aromatic carbocycles. The first-order valence-electron chi connectivity index (χ1n) is 8.91. The normalized spacial score (nSPS) is 18.5. The van der Waals surface area contributed by atoms with Gasteiger partial charge in [0.15, 0.2) is 0 Å². The third-order valence-electron chi connectivity index (χ3n) is 4.98. The molecule has 0 saturated carbocycles. The molecule has 0 aliphatic carbocycles. The van der Waals surface area contributed by atoms with E-state index < -0.39 is 0 Å². The van der Waals surface area contributed by atoms with Crippen molar-refractivity contribution in [2.24, 2.45) is 0 Å². The average Bonchev–Trinajstić information content (AvgIpc) is 2.92. The predicted octanol–water partition coefficient (Wildman–Crippen LogP) is 3.66. The fourth-order valence-corrected chi connectivity index (χ4v) is 3.77. The summed E-state index contributed by atoms with van der Waals surface area (Å²) in [6.45, 7) is 2.38. The van der Waals surface area contributed by atoms with Crippen molar-refractivity contribution in [3.63, 3.8) is 0 Å². The van der Waals surface area contributed by atoms with Crippen LogP contribution in [0.4, 0.5) is 0 Å². The summed E-state index contributed by atoms with van der Waals surface area (Å²) in [5.41, 5.74) is 3.83. The molecule has 4 heteroatoms. The molecule has 0 saturated heterocycles. The van der Waals surface area contributed by atoms with Crippen molar-refractivity contribution in [1.29, 1.82) is 0 Å². The standard InChI is InChI=1S/C22H25NO3/c1-16-19(13-14-24)22(25)23(21(16)18-11-7-4-8-12-18)20(15-26-2)17-9-5-3-6-10-17/h3-12,20-21,24H,13-15H2,1-2H3/t20-,21+/m1/s1. The van der Waals surface area contributed by atoms with Crippen molar-refractivity contribution >= 4 is 5.91 Å². The largest absolute Gasteiger partial charge is 0.396 e. The molecule has 2 aromatic rings. The minimum absolute atomic E-state index is 0.0173. The first kappa shape index (κ1) is 18.4. The maximum Gasteiger partial charge on any atom is 0.251 e. The highest BCUT2D eigenvalue weighted by Crippen LogP contribution is 2.43. The van der Waals surface area contributed by atoms with Crippen LogP contribution in [0, 0.1) is 0 Å². The van der Waals surface area contributed by atoms with E-state index in [-0.39, 0.29) is 24.6 Å². The van der Waals surface area contributed by atoms with E-state index in [0.717, 1.165) is 16.7 Å². The minimum Gasteiger partial charge on any atom is -0.396 e. The van der Waals surface area contributed by atoms with E-state index in [1.165, 1.54) is 0 Å². The molecule has 3 rings (SSSR count). The Morgan fingerprint density at radius 1 is 1.08 bits per heavy atom. The number of ether oxygens (including phenoxy) is 1. The Kier molecular flexibility index (Phi) is 5.86. The summed E-state index contributed by atoms with van der Waals surface area (Å²) in [5, 5.41) is 9.43. The number of carbonyl (C=O) groups is 1. The molecule has 0 aromatic heterocycles. The van der Waals surface area contributed by atoms with Gasteiger partial charge >= 0.3 is 0 Å². The van der Waals surface area contributed by atoms with Crippen molar-refractivity contribution < 1.29 is 14.6 Å². The molecule has 0 bridgehead atoms. The summed E-state index contributed by atoms with van der Waals surface area (Å²) in [7, 11) is 1.66. The van der Waals surface area contributed by atoms with Gasteiger partial charge in [0.2, 0.25) is 0 Å². The molecule has 2 atom stereocenters. The number of aliphatic hydroxyl groups is 1. The van der Waals surface area contributed by atoms with Gasteiger partial charge in [-0.2, -0.15) is 0 Å². The fourth-order valence-electron chi connectivity index (χ4n) is 3.77. The molecule has 1 aliphatic heterocycles. The van der Waals surface area contributed by atoms with Crippen molar-refractivity contribution in [1.82, 2.24) is 4.90 Å². The molecule has 1 amide bonds. The van der Waals surface area contributed by atoms with Gasteiger partial charge in [0.1, 0.15) is 0 Å². The third-order valence-corrected chi connectivity index (χ3v) is 4.98. The first-order chi connectivity index (χ1) is 12.7. The van der Waals surface area contributed by atoms with Crippen LogP contribution in [0.2, 0.25) is 0 Å². The predicted molar refractivity (Wildman–Crippen MR) is 101 cm³/mol. The van der Waals surface area contributed by atoms with Crippen LogP contribution in [-0.2, 0) is 9.53 Å². The number of methoxy groups -OCH3 is 1. The van der Waals surface area contributed by atoms with E-state index in [9.17, 15) is 9.90 Å². The van der Waals surface area contributed by atoms with Crippen molar-refractivity contribution in [3.8, 4) is 0 Å². The highest BCUT2D eigenvalue weighted by molar-refractivity contribution is 5.98. The van der Waals surface area contributed by atoms with Crippen LogP contribution in [0.15, 0.2) is 71.8 Å². The van der Waals surface area contributed by atoms with Crippen molar-refractivity contribution in [2.75, 3.05) is 20.3 Å². The fraction of sp³-hybridized carbons (Fsp3) is 0.318. The Balaban J connectivity index is 2.08. The Morgan fingerprint density at radius 2 is 1.69 bits per heavy atom. The van der Waals surface area contributed by atoms with Crippen LogP contribution in [0.25, 0.3) is 0 Å². The zero-order valence-electron chi connectivity index (χ0n) is 15.3. The monoisotopic (exact) mass is 351 g/mol. The highest BCUT2D eigenvalue weighted by Gasteiger charge is 2.41. The number of nitrogens with zero attached hydrogens (tertiary/aromatic N) is 1. The van der Waals surface area contributed by atoms with Gasteiger partial charge in [-0.15, -0.1) is 0 Å². The Hall–Kier alpha value is -2.43. The molecule has 0 radical (unpaired) electrons. The number of hydrogen-bond donors (Lipinski definition) is 1. The molecule has 0 fully saturated rings. The van der Waals surface area contributed by atoms with E-state index >= 15 is 0 Å². The third kappa shape index (κ3) is 3.43. The molecule has 0 unspecified atom stereocenters. The summed E-state index contributed by atoms with van der Waals surface area (Å²) in [6, 6.07) is 19.7. The van der Waals surface area contributed by atoms with Crippen LogP contribution in [-0.4, -0.2) is 36.2 Å². The summed E-state index contributed by atoms with van der Waals surface area (Å²) in [4.78, 5) is 15.2. The molecule has 26 heavy (non-hydrogen) atoms. The summed E-state index contributed by atoms with van der Waals surface area (Å²) < 4.78 is 5.47. The Labute approximate surface area is 154 Å². The van der Waals surface area contributed by atoms with Gasteiger partial charge in [0.05, 0.1) is 18.7 Å². The van der Waals surface area contributed by atoms with Crippen LogP contribution in [0.1, 0.15) is 36.6 Å². The lowest BCUT2D eigenvalue weighted by Crippen LogP contribution is -2.36. The average molecular weight is 351 g/mol. The van der Waals surface area contributed by atoms with Gasteiger partial charge in [0, 0.05) is 25.7 Å². The van der Waals surface area contributed by atoms with Gasteiger partial charge in [-0.05, 0) is 23.6 Å². The molecule has 0 spiro atoms. The number of rotatable bonds is 7. The summed E-state index contributed by atoms with van der Waals surface area (Å²) in [5.74, 6) is -0.0173. The number of carbonyl (C=O) groups excluding carboxylic acids is 1. The SMILES string of the molecule is COC[C@H](c1ccccc1)N1C(=O)C(CCO)=C(C)[C@H]1c1ccccc1. The number of aliphatic hydroxyl groups excluding tert-OH is 1. The maximum atomic E-state index is 13.3. The van der Waals surface area contributed by atoms with E-state index in [0.29, 0.717) is 18.6 Å². The molecule has 1 aliphatic rings. The van der Waals surface area contributed by atoms with Crippen LogP contribution < -0.4 is 0 Å². The number of hydrogen-bond acceptors (Lipinski definition) is 3. The van der Waals surface area contributed by atoms with Gasteiger partial charge in [-0.1, -0.05) is 60.7 Å². The van der Waals surface area contributed by atoms with Crippen molar-refractivity contribution in [2.45, 2.75) is 25.4 Å². The molecule has 4 nitrogen and oxygen atoms in total. The molecular formula is C22H25NO3. The summed E-state index contributed by atoms with van der Waals surface area (Å²) in [6.07, 6.45) is 0.374. The lowest BCUT2D eigenvalue weighted by atomic mass is 9.96. The van der Waals surface area contributed by atoms with Gasteiger partial charge in [0.25, 0.3) is 5.91 Å². The van der Waals surface area contributed by atoms with Gasteiger partial charge in [-0.3, -0.25) is 4.79 Å². The van der Waals surface area contributed by atoms with E-state index in [1.54, 1.807) is 7.11 Å². The summed E-state index contributed by atoms with van der Waals surface area (Å²) >= 11 is 0. The maximum absolute atomic E-state index is 13.3. The smallest absolute Gasteiger partial charge is 0.251 e. The number of amides is 1. The van der Waals surface area contributed by atoms with Crippen molar-refractivity contribution in [3.05, 3.63) is 82.9 Å². The zero-order valence-corrected chi connectivity index (χ0v) is 15.3. The van der Waals surface area contributed by atoms with Crippen LogP contribution in [0.3, 0.4) is 0 Å². The highest BCUT2D eigenvalue weighted by atomic mass is 16.5. The second-order valence-electron chi connectivity index (χ2n) is 6.54. The lowest BCUT2D eigenvalue weighted by molar-refractivity contribution is -0.131. The second-order valence-corrected chi connectivity index (χ2v) is 6.54. The van der Waals surface area contributed by atoms with E-state index in [4.69, 9.17) is 4.74 Å². The molecule has 1 heterocycles. The quantitative estimate of drug-likeness (QED) is 0.828. The number of benzene rings is 2. The van der Waals surface area contributed by atoms with Gasteiger partial charge in [-0.25, -0.2) is 0 Å².